The smallest absolute Gasteiger partial charge is 0.344 e. The van der Waals surface area contributed by atoms with Crippen LogP contribution in [0.15, 0.2) is 11.8 Å². The molecule has 10 heavy (non-hydrogen) atoms. The summed E-state index contributed by atoms with van der Waals surface area (Å²) in [5.74, 6) is -1.34. The predicted octanol–water partition coefficient (Wildman–Crippen LogP) is 0.190. The maximum atomic E-state index is 10.5. The molecule has 0 heterocycles. The van der Waals surface area contributed by atoms with Gasteiger partial charge in [-0.1, -0.05) is 0 Å². The summed E-state index contributed by atoms with van der Waals surface area (Å²) in [4.78, 5) is 21.0. The summed E-state index contributed by atoms with van der Waals surface area (Å²) in [6.07, 6.45) is 0.439. The van der Waals surface area contributed by atoms with Gasteiger partial charge < -0.3 is 9.84 Å². The van der Waals surface area contributed by atoms with Crippen molar-refractivity contribution >= 4 is 11.8 Å². The first-order valence-corrected chi connectivity index (χ1v) is 2.57. The summed E-state index contributed by atoms with van der Waals surface area (Å²) < 4.78 is 4.18. The molecule has 0 rings (SSSR count). The van der Waals surface area contributed by atoms with Crippen molar-refractivity contribution in [3.63, 3.8) is 0 Å². The van der Waals surface area contributed by atoms with Gasteiger partial charge in [0, 0.05) is 0 Å². The molecule has 0 unspecified atom stereocenters. The lowest BCUT2D eigenvalue weighted by Crippen LogP contribution is -2.11. The Kier molecular flexibility index (Phi) is 3.17. The fraction of sp³-hybridized carbons (Fsp3) is 0.333. The van der Waals surface area contributed by atoms with Gasteiger partial charge in [0.1, 0.15) is 5.57 Å². The number of rotatable bonds is 2. The number of esters is 1. The molecule has 0 aliphatic carbocycles. The Morgan fingerprint density at radius 1 is 1.50 bits per heavy atom. The molecule has 1 N–H and O–H groups in total. The summed E-state index contributed by atoms with van der Waals surface area (Å²) in [6, 6.07) is 0. The molecule has 0 radical (unpaired) electrons. The summed E-state index contributed by atoms with van der Waals surface area (Å²) in [7, 11) is 1.13. The van der Waals surface area contributed by atoms with E-state index in [1.54, 1.807) is 0 Å². The second-order valence-corrected chi connectivity index (χ2v) is 1.59. The molecule has 4 heteroatoms. The number of aliphatic hydroxyl groups is 1. The van der Waals surface area contributed by atoms with E-state index >= 15 is 0 Å². The molecule has 56 valence electrons. The standard InChI is InChI=1S/C6H8O4/c1-4(8)5(3-7)6(9)10-2/h3,7H,1-2H3/b5-3+. The minimum atomic E-state index is -0.824. The van der Waals surface area contributed by atoms with E-state index in [9.17, 15) is 9.59 Å². The van der Waals surface area contributed by atoms with E-state index in [2.05, 4.69) is 4.74 Å². The highest BCUT2D eigenvalue weighted by molar-refractivity contribution is 6.15. The lowest BCUT2D eigenvalue weighted by Gasteiger charge is -1.96. The van der Waals surface area contributed by atoms with E-state index in [-0.39, 0.29) is 5.57 Å². The molecule has 0 spiro atoms. The van der Waals surface area contributed by atoms with Crippen LogP contribution in [0.4, 0.5) is 0 Å². The molecule has 0 aromatic rings. The first-order chi connectivity index (χ1) is 4.63. The lowest BCUT2D eigenvalue weighted by molar-refractivity contribution is -0.137. The highest BCUT2D eigenvalue weighted by Crippen LogP contribution is 1.96. The number of hydrogen-bond acceptors (Lipinski definition) is 4. The molecule has 0 atom stereocenters. The Bertz CT molecular complexity index is 180. The molecule has 0 aliphatic heterocycles. The van der Waals surface area contributed by atoms with Crippen molar-refractivity contribution in [1.29, 1.82) is 0 Å². The predicted molar refractivity (Wildman–Crippen MR) is 33.4 cm³/mol. The van der Waals surface area contributed by atoms with Crippen LogP contribution in [0.2, 0.25) is 0 Å². The third-order valence-corrected chi connectivity index (χ3v) is 0.914. The van der Waals surface area contributed by atoms with Crippen LogP contribution in [0, 0.1) is 0 Å². The van der Waals surface area contributed by atoms with Gasteiger partial charge in [-0.05, 0) is 6.92 Å². The maximum absolute atomic E-state index is 10.5. The maximum Gasteiger partial charge on any atom is 0.344 e. The quantitative estimate of drug-likeness (QED) is 0.197. The fourth-order valence-electron chi connectivity index (χ4n) is 0.397. The first kappa shape index (κ1) is 8.68. The first-order valence-electron chi connectivity index (χ1n) is 2.57. The number of aliphatic hydroxyl groups excluding tert-OH is 1. The van der Waals surface area contributed by atoms with Gasteiger partial charge in [-0.15, -0.1) is 0 Å². The van der Waals surface area contributed by atoms with E-state index in [1.807, 2.05) is 0 Å². The van der Waals surface area contributed by atoms with Crippen molar-refractivity contribution in [3.8, 4) is 0 Å². The van der Waals surface area contributed by atoms with Crippen LogP contribution in [0.5, 0.6) is 0 Å². The SMILES string of the molecule is COC(=O)/C(=C/O)C(C)=O. The molecular weight excluding hydrogens is 136 g/mol. The minimum Gasteiger partial charge on any atom is -0.515 e. The Labute approximate surface area is 58.1 Å². The largest absolute Gasteiger partial charge is 0.515 e. The van der Waals surface area contributed by atoms with Crippen LogP contribution in [-0.2, 0) is 14.3 Å². The highest BCUT2D eigenvalue weighted by Gasteiger charge is 2.13. The van der Waals surface area contributed by atoms with Crippen molar-refractivity contribution in [2.45, 2.75) is 6.92 Å². The Morgan fingerprint density at radius 2 is 2.00 bits per heavy atom. The van der Waals surface area contributed by atoms with Gasteiger partial charge in [0.05, 0.1) is 13.4 Å². The van der Waals surface area contributed by atoms with Gasteiger partial charge in [0.25, 0.3) is 0 Å². The molecule has 0 saturated heterocycles. The van der Waals surface area contributed by atoms with Gasteiger partial charge in [-0.3, -0.25) is 4.79 Å². The molecule has 0 amide bonds. The van der Waals surface area contributed by atoms with E-state index in [1.165, 1.54) is 6.92 Å². The van der Waals surface area contributed by atoms with Gasteiger partial charge >= 0.3 is 5.97 Å². The average Bonchev–Trinajstić information content (AvgIpc) is 1.88. The topological polar surface area (TPSA) is 63.6 Å². The zero-order valence-electron chi connectivity index (χ0n) is 5.75. The Morgan fingerprint density at radius 3 is 2.10 bits per heavy atom. The molecule has 0 bridgehead atoms. The van der Waals surface area contributed by atoms with E-state index < -0.39 is 11.8 Å². The number of carbonyl (C=O) groups is 2. The summed E-state index contributed by atoms with van der Waals surface area (Å²) in [5.41, 5.74) is -0.345. The summed E-state index contributed by atoms with van der Waals surface area (Å²) >= 11 is 0. The van der Waals surface area contributed by atoms with Crippen molar-refractivity contribution in [2.24, 2.45) is 0 Å². The van der Waals surface area contributed by atoms with Gasteiger partial charge in [-0.25, -0.2) is 4.79 Å². The number of Topliss-reactive ketones (excluding diaryl/α,β-unsaturated/α-hetero) is 1. The molecular formula is C6H8O4. The van der Waals surface area contributed by atoms with E-state index in [4.69, 9.17) is 5.11 Å². The van der Waals surface area contributed by atoms with Crippen LogP contribution in [-0.4, -0.2) is 24.0 Å². The molecule has 4 nitrogen and oxygen atoms in total. The minimum absolute atomic E-state index is 0.345. The number of methoxy groups -OCH3 is 1. The third kappa shape index (κ3) is 1.89. The number of carbonyl (C=O) groups excluding carboxylic acids is 2. The van der Waals surface area contributed by atoms with Crippen molar-refractivity contribution in [1.82, 2.24) is 0 Å². The number of hydrogen-bond donors (Lipinski definition) is 1. The van der Waals surface area contributed by atoms with Crippen molar-refractivity contribution < 1.29 is 19.4 Å². The average molecular weight is 144 g/mol. The van der Waals surface area contributed by atoms with Gasteiger partial charge in [0.2, 0.25) is 0 Å². The summed E-state index contributed by atoms with van der Waals surface area (Å²) in [6.45, 7) is 1.17. The highest BCUT2D eigenvalue weighted by atomic mass is 16.5. The van der Waals surface area contributed by atoms with Crippen LogP contribution in [0.1, 0.15) is 6.92 Å². The number of ketones is 1. The van der Waals surface area contributed by atoms with Crippen molar-refractivity contribution in [2.75, 3.05) is 7.11 Å². The molecule has 0 fully saturated rings. The summed E-state index contributed by atoms with van der Waals surface area (Å²) in [5, 5.41) is 8.31. The molecule has 0 aromatic heterocycles. The van der Waals surface area contributed by atoms with Crippen LogP contribution < -0.4 is 0 Å². The van der Waals surface area contributed by atoms with Crippen LogP contribution in [0.25, 0.3) is 0 Å². The van der Waals surface area contributed by atoms with E-state index in [0.29, 0.717) is 6.26 Å². The van der Waals surface area contributed by atoms with Gasteiger partial charge in [0.15, 0.2) is 5.78 Å². The van der Waals surface area contributed by atoms with E-state index in [0.717, 1.165) is 7.11 Å². The van der Waals surface area contributed by atoms with Crippen molar-refractivity contribution in [3.05, 3.63) is 11.8 Å². The normalized spacial score (nSPS) is 10.8. The lowest BCUT2D eigenvalue weighted by atomic mass is 10.2. The zero-order chi connectivity index (χ0) is 8.15. The Balaban J connectivity index is 4.39. The molecule has 0 aliphatic rings. The fourth-order valence-corrected chi connectivity index (χ4v) is 0.397. The second-order valence-electron chi connectivity index (χ2n) is 1.59. The van der Waals surface area contributed by atoms with Gasteiger partial charge in [-0.2, -0.15) is 0 Å². The number of ether oxygens (including phenoxy) is 1. The molecule has 0 saturated carbocycles. The monoisotopic (exact) mass is 144 g/mol. The zero-order valence-corrected chi connectivity index (χ0v) is 5.75. The molecule has 0 aromatic carbocycles. The Hall–Kier alpha value is -1.32. The van der Waals surface area contributed by atoms with Crippen LogP contribution >= 0.6 is 0 Å². The second kappa shape index (κ2) is 3.66. The third-order valence-electron chi connectivity index (χ3n) is 0.914. The van der Waals surface area contributed by atoms with Crippen LogP contribution in [0.3, 0.4) is 0 Å².